The van der Waals surface area contributed by atoms with Gasteiger partial charge < -0.3 is 14.9 Å². The molecule has 0 unspecified atom stereocenters. The van der Waals surface area contributed by atoms with Crippen molar-refractivity contribution in [1.82, 2.24) is 9.80 Å². The lowest BCUT2D eigenvalue weighted by Crippen LogP contribution is -2.35. The molecule has 0 radical (unpaired) electrons. The van der Waals surface area contributed by atoms with Gasteiger partial charge in [0.15, 0.2) is 5.96 Å². The third-order valence-corrected chi connectivity index (χ3v) is 1.000. The van der Waals surface area contributed by atoms with Crippen LogP contribution in [-0.2, 0) is 4.79 Å². The molecule has 0 aliphatic rings. The number of carboxylic acids is 1. The zero-order valence-corrected chi connectivity index (χ0v) is 9.20. The molecule has 0 fully saturated rings. The van der Waals surface area contributed by atoms with Crippen molar-refractivity contribution in [1.29, 1.82) is 0 Å². The highest BCUT2D eigenvalue weighted by Gasteiger charge is 1.99. The summed E-state index contributed by atoms with van der Waals surface area (Å²) in [5, 5.41) is 7.42. The van der Waals surface area contributed by atoms with Crippen LogP contribution in [0.15, 0.2) is 4.99 Å². The van der Waals surface area contributed by atoms with Gasteiger partial charge in [0.1, 0.15) is 0 Å². The van der Waals surface area contributed by atoms with Crippen LogP contribution in [-0.4, -0.2) is 62.1 Å². The molecule has 0 spiro atoms. The van der Waals surface area contributed by atoms with Gasteiger partial charge in [0.25, 0.3) is 5.97 Å². The lowest BCUT2D eigenvalue weighted by atomic mass is 10.7. The Labute approximate surface area is 79.7 Å². The second-order valence-corrected chi connectivity index (χ2v) is 2.83. The Morgan fingerprint density at radius 3 is 1.38 bits per heavy atom. The summed E-state index contributed by atoms with van der Waals surface area (Å²) in [6, 6.07) is 0. The summed E-state index contributed by atoms with van der Waals surface area (Å²) in [5.41, 5.74) is 0. The summed E-state index contributed by atoms with van der Waals surface area (Å²) in [4.78, 5) is 17.0. The first kappa shape index (κ1) is 14.3. The van der Waals surface area contributed by atoms with Crippen LogP contribution >= 0.6 is 0 Å². The highest BCUT2D eigenvalue weighted by Crippen LogP contribution is 1.85. The van der Waals surface area contributed by atoms with Crippen LogP contribution in [0.3, 0.4) is 0 Å². The maximum atomic E-state index is 9.00. The minimum atomic E-state index is -0.833. The largest absolute Gasteiger partial charge is 0.481 e. The molecule has 0 aliphatic carbocycles. The van der Waals surface area contributed by atoms with Crippen molar-refractivity contribution in [3.63, 3.8) is 0 Å². The molecule has 78 valence electrons. The SMILES string of the molecule is CC(=O)O.CN=C(N(C)C)N(C)C. The maximum Gasteiger partial charge on any atom is 0.300 e. The van der Waals surface area contributed by atoms with E-state index in [0.29, 0.717) is 0 Å². The van der Waals surface area contributed by atoms with Crippen molar-refractivity contribution in [3.8, 4) is 0 Å². The molecule has 0 saturated carbocycles. The number of aliphatic imine (C=N–C) groups is 1. The van der Waals surface area contributed by atoms with Crippen LogP contribution in [0.1, 0.15) is 6.92 Å². The van der Waals surface area contributed by atoms with E-state index in [9.17, 15) is 0 Å². The maximum absolute atomic E-state index is 9.00. The number of guanidine groups is 1. The lowest BCUT2D eigenvalue weighted by molar-refractivity contribution is -0.134. The van der Waals surface area contributed by atoms with E-state index in [1.165, 1.54) is 0 Å². The fourth-order valence-electron chi connectivity index (χ4n) is 0.800. The van der Waals surface area contributed by atoms with Gasteiger partial charge in [-0.3, -0.25) is 9.79 Å². The standard InChI is InChI=1S/C6H15N3.C2H4O2/c1-7-6(8(2)3)9(4)5;1-2(3)4/h1-5H3;1H3,(H,3,4). The van der Waals surface area contributed by atoms with Crippen molar-refractivity contribution < 1.29 is 9.90 Å². The fraction of sp³-hybridized carbons (Fsp3) is 0.750. The predicted octanol–water partition coefficient (Wildman–Crippen LogP) is 0.186. The van der Waals surface area contributed by atoms with E-state index in [2.05, 4.69) is 4.99 Å². The van der Waals surface area contributed by atoms with Crippen LogP contribution in [0.25, 0.3) is 0 Å². The Morgan fingerprint density at radius 1 is 1.15 bits per heavy atom. The Bertz CT molecular complexity index is 162. The summed E-state index contributed by atoms with van der Waals surface area (Å²) < 4.78 is 0. The highest BCUT2D eigenvalue weighted by atomic mass is 16.4. The summed E-state index contributed by atoms with van der Waals surface area (Å²) >= 11 is 0. The zero-order valence-electron chi connectivity index (χ0n) is 9.20. The molecule has 0 heterocycles. The van der Waals surface area contributed by atoms with Gasteiger partial charge in [-0.1, -0.05) is 0 Å². The van der Waals surface area contributed by atoms with E-state index in [1.54, 1.807) is 7.05 Å². The number of rotatable bonds is 0. The summed E-state index contributed by atoms with van der Waals surface area (Å²) in [7, 11) is 9.69. The normalized spacial score (nSPS) is 7.85. The summed E-state index contributed by atoms with van der Waals surface area (Å²) in [6.07, 6.45) is 0. The Hall–Kier alpha value is -1.26. The molecule has 0 saturated heterocycles. The van der Waals surface area contributed by atoms with Crippen LogP contribution in [0.5, 0.6) is 0 Å². The molecule has 0 aliphatic heterocycles. The zero-order chi connectivity index (χ0) is 11.0. The molecule has 1 N–H and O–H groups in total. The minimum Gasteiger partial charge on any atom is -0.481 e. The predicted molar refractivity (Wildman–Crippen MR) is 54.0 cm³/mol. The number of carbonyl (C=O) groups is 1. The molecule has 0 rings (SSSR count). The number of nitrogens with zero attached hydrogens (tertiary/aromatic N) is 3. The van der Waals surface area contributed by atoms with Crippen molar-refractivity contribution in [2.75, 3.05) is 35.2 Å². The first-order valence-electron chi connectivity index (χ1n) is 3.83. The summed E-state index contributed by atoms with van der Waals surface area (Å²) in [6.45, 7) is 1.08. The number of aliphatic carboxylic acids is 1. The van der Waals surface area contributed by atoms with E-state index >= 15 is 0 Å². The lowest BCUT2D eigenvalue weighted by Gasteiger charge is -2.21. The van der Waals surface area contributed by atoms with E-state index in [0.717, 1.165) is 12.9 Å². The molecule has 0 amide bonds. The third kappa shape index (κ3) is 10.7. The van der Waals surface area contributed by atoms with Crippen molar-refractivity contribution in [2.24, 2.45) is 4.99 Å². The first-order chi connectivity index (χ1) is 5.82. The Kier molecular flexibility index (Phi) is 8.12. The van der Waals surface area contributed by atoms with Gasteiger partial charge in [-0.15, -0.1) is 0 Å². The van der Waals surface area contributed by atoms with Crippen LogP contribution in [0.2, 0.25) is 0 Å². The smallest absolute Gasteiger partial charge is 0.300 e. The van der Waals surface area contributed by atoms with Gasteiger partial charge in [0.05, 0.1) is 0 Å². The van der Waals surface area contributed by atoms with Gasteiger partial charge in [-0.05, 0) is 0 Å². The van der Waals surface area contributed by atoms with E-state index in [4.69, 9.17) is 9.90 Å². The molecule has 0 aromatic carbocycles. The molecule has 5 heteroatoms. The molecule has 0 aromatic heterocycles. The van der Waals surface area contributed by atoms with Crippen LogP contribution in [0.4, 0.5) is 0 Å². The van der Waals surface area contributed by atoms with Gasteiger partial charge in [-0.25, -0.2) is 0 Å². The summed E-state index contributed by atoms with van der Waals surface area (Å²) in [5.74, 6) is 0.148. The Balaban J connectivity index is 0. The third-order valence-electron chi connectivity index (χ3n) is 1.000. The average molecular weight is 189 g/mol. The number of hydrogen-bond acceptors (Lipinski definition) is 2. The molecular weight excluding hydrogens is 170 g/mol. The van der Waals surface area contributed by atoms with Gasteiger partial charge >= 0.3 is 0 Å². The van der Waals surface area contributed by atoms with Gasteiger partial charge in [-0.2, -0.15) is 0 Å². The number of hydrogen-bond donors (Lipinski definition) is 1. The second-order valence-electron chi connectivity index (χ2n) is 2.83. The molecular formula is C8H19N3O2. The molecule has 0 atom stereocenters. The van der Waals surface area contributed by atoms with Crippen molar-refractivity contribution in [2.45, 2.75) is 6.92 Å². The quantitative estimate of drug-likeness (QED) is 0.436. The number of carboxylic acid groups (broad SMARTS) is 1. The molecule has 0 aromatic rings. The monoisotopic (exact) mass is 189 g/mol. The van der Waals surface area contributed by atoms with E-state index in [-0.39, 0.29) is 0 Å². The van der Waals surface area contributed by atoms with Crippen LogP contribution < -0.4 is 0 Å². The molecule has 0 bridgehead atoms. The van der Waals surface area contributed by atoms with Crippen molar-refractivity contribution in [3.05, 3.63) is 0 Å². The first-order valence-corrected chi connectivity index (χ1v) is 3.83. The van der Waals surface area contributed by atoms with Crippen molar-refractivity contribution >= 4 is 11.9 Å². The van der Waals surface area contributed by atoms with Gasteiger partial charge in [0, 0.05) is 42.2 Å². The molecule has 13 heavy (non-hydrogen) atoms. The highest BCUT2D eigenvalue weighted by molar-refractivity contribution is 5.78. The minimum absolute atomic E-state index is 0.833. The van der Waals surface area contributed by atoms with Gasteiger partial charge in [0.2, 0.25) is 0 Å². The second kappa shape index (κ2) is 7.39. The van der Waals surface area contributed by atoms with E-state index < -0.39 is 5.97 Å². The average Bonchev–Trinajstić information content (AvgIpc) is 1.84. The fourth-order valence-corrected chi connectivity index (χ4v) is 0.800. The van der Waals surface area contributed by atoms with Crippen LogP contribution in [0, 0.1) is 0 Å². The Morgan fingerprint density at radius 2 is 1.38 bits per heavy atom. The topological polar surface area (TPSA) is 56.1 Å². The van der Waals surface area contributed by atoms with E-state index in [1.807, 2.05) is 38.0 Å². The molecule has 5 nitrogen and oxygen atoms in total.